The lowest BCUT2D eigenvalue weighted by Gasteiger charge is -2.21. The van der Waals surface area contributed by atoms with Crippen molar-refractivity contribution in [1.82, 2.24) is 10.2 Å². The number of aliphatic hydroxyl groups is 1. The van der Waals surface area contributed by atoms with Gasteiger partial charge >= 0.3 is 0 Å². The number of sulfone groups is 1. The van der Waals surface area contributed by atoms with Gasteiger partial charge in [0.15, 0.2) is 9.84 Å². The molecule has 0 unspecified atom stereocenters. The summed E-state index contributed by atoms with van der Waals surface area (Å²) >= 11 is 6.23. The topological polar surface area (TPSA) is 110 Å². The Morgan fingerprint density at radius 1 is 1.20 bits per heavy atom. The fourth-order valence-electron chi connectivity index (χ4n) is 2.79. The van der Waals surface area contributed by atoms with E-state index in [1.54, 1.807) is 38.1 Å². The lowest BCUT2D eigenvalue weighted by Crippen LogP contribution is -2.23. The first-order valence-corrected chi connectivity index (χ1v) is 11.1. The highest BCUT2D eigenvalue weighted by Gasteiger charge is 2.25. The summed E-state index contributed by atoms with van der Waals surface area (Å²) in [4.78, 5) is 3.55. The number of rotatable bonds is 6. The molecule has 3 rings (SSSR count). The zero-order chi connectivity index (χ0) is 22.1. The summed E-state index contributed by atoms with van der Waals surface area (Å²) < 4.78 is 28.9. The fraction of sp³-hybridized carbons (Fsp3) is 0.250. The number of halogens is 1. The van der Waals surface area contributed by atoms with E-state index in [0.29, 0.717) is 27.5 Å². The number of benzene rings is 2. The lowest BCUT2D eigenvalue weighted by molar-refractivity contribution is 0.159. The van der Waals surface area contributed by atoms with Crippen molar-refractivity contribution >= 4 is 32.8 Å². The van der Waals surface area contributed by atoms with E-state index < -0.39 is 22.0 Å². The first-order chi connectivity index (χ1) is 14.1. The second-order valence-electron chi connectivity index (χ2n) is 6.79. The van der Waals surface area contributed by atoms with Crippen LogP contribution in [0.25, 0.3) is 16.3 Å². The predicted molar refractivity (Wildman–Crippen MR) is 113 cm³/mol. The van der Waals surface area contributed by atoms with Crippen LogP contribution in [0.4, 0.5) is 11.4 Å². The Hall–Kier alpha value is -2.93. The van der Waals surface area contributed by atoms with Gasteiger partial charge in [0.25, 0.3) is 0 Å². The maximum absolute atomic E-state index is 11.6. The lowest BCUT2D eigenvalue weighted by atomic mass is 10.1. The molecule has 0 aliphatic heterocycles. The Bertz CT molecular complexity index is 1210. The maximum Gasteiger partial charge on any atom is 0.247 e. The molecular weight excluding hydrogens is 428 g/mol. The van der Waals surface area contributed by atoms with E-state index in [4.69, 9.17) is 22.6 Å². The third-order valence-corrected chi connectivity index (χ3v) is 6.12. The van der Waals surface area contributed by atoms with Crippen molar-refractivity contribution < 1.29 is 17.9 Å². The minimum absolute atomic E-state index is 0.150. The van der Waals surface area contributed by atoms with Gasteiger partial charge in [0, 0.05) is 17.5 Å². The van der Waals surface area contributed by atoms with E-state index in [-0.39, 0.29) is 16.7 Å². The van der Waals surface area contributed by atoms with Gasteiger partial charge in [-0.2, -0.15) is 0 Å². The number of nitrogens with zero attached hydrogens (tertiary/aromatic N) is 3. The Labute approximate surface area is 179 Å². The van der Waals surface area contributed by atoms with Crippen molar-refractivity contribution in [2.75, 3.05) is 11.6 Å². The molecule has 0 aliphatic carbocycles. The second kappa shape index (κ2) is 8.44. The molecule has 2 aromatic carbocycles. The van der Waals surface area contributed by atoms with E-state index in [9.17, 15) is 13.5 Å². The molecule has 3 aromatic rings. The van der Waals surface area contributed by atoms with Gasteiger partial charge in [-0.05, 0) is 49.7 Å². The van der Waals surface area contributed by atoms with Crippen molar-refractivity contribution in [2.24, 2.45) is 0 Å². The maximum atomic E-state index is 11.6. The van der Waals surface area contributed by atoms with Crippen molar-refractivity contribution in [2.45, 2.75) is 30.9 Å². The molecule has 156 valence electrons. The largest absolute Gasteiger partial charge is 0.418 e. The average Bonchev–Trinajstić information content (AvgIpc) is 3.18. The third-order valence-electron chi connectivity index (χ3n) is 4.52. The van der Waals surface area contributed by atoms with Crippen LogP contribution in [0.1, 0.15) is 24.4 Å². The van der Waals surface area contributed by atoms with E-state index in [1.807, 2.05) is 0 Å². The Morgan fingerprint density at radius 3 is 2.43 bits per heavy atom. The highest BCUT2D eigenvalue weighted by Crippen LogP contribution is 2.35. The SMILES string of the molecule is [C-]#[N+]c1ccc(N[C@@H](c2nnc(-c3ccc(S(C)(=O)=O)cc3)o2)[C@@H](C)O)c(C)c1Cl. The molecule has 0 radical (unpaired) electrons. The predicted octanol–water partition coefficient (Wildman–Crippen LogP) is 4.19. The molecule has 10 heteroatoms. The van der Waals surface area contributed by atoms with Crippen LogP contribution in [0.5, 0.6) is 0 Å². The molecule has 2 N–H and O–H groups in total. The molecule has 0 bridgehead atoms. The van der Waals surface area contributed by atoms with Crippen molar-refractivity contribution in [3.63, 3.8) is 0 Å². The van der Waals surface area contributed by atoms with Crippen LogP contribution in [0, 0.1) is 13.5 Å². The molecule has 0 saturated carbocycles. The van der Waals surface area contributed by atoms with Gasteiger partial charge in [-0.15, -0.1) is 10.2 Å². The van der Waals surface area contributed by atoms with Gasteiger partial charge in [0.1, 0.15) is 6.04 Å². The van der Waals surface area contributed by atoms with Crippen LogP contribution >= 0.6 is 11.6 Å². The van der Waals surface area contributed by atoms with Crippen molar-refractivity contribution in [3.05, 3.63) is 64.3 Å². The first-order valence-electron chi connectivity index (χ1n) is 8.87. The van der Waals surface area contributed by atoms with E-state index in [2.05, 4.69) is 20.4 Å². The highest BCUT2D eigenvalue weighted by atomic mass is 35.5. The van der Waals surface area contributed by atoms with E-state index in [0.717, 1.165) is 6.26 Å². The van der Waals surface area contributed by atoms with Gasteiger partial charge in [-0.25, -0.2) is 13.3 Å². The monoisotopic (exact) mass is 446 g/mol. The number of aliphatic hydroxyl groups excluding tert-OH is 1. The summed E-state index contributed by atoms with van der Waals surface area (Å²) in [6.45, 7) is 10.5. The third kappa shape index (κ3) is 4.46. The zero-order valence-electron chi connectivity index (χ0n) is 16.4. The molecule has 0 fully saturated rings. The van der Waals surface area contributed by atoms with Gasteiger partial charge in [-0.3, -0.25) is 0 Å². The van der Waals surface area contributed by atoms with Crippen LogP contribution < -0.4 is 5.32 Å². The highest BCUT2D eigenvalue weighted by molar-refractivity contribution is 7.90. The average molecular weight is 447 g/mol. The fourth-order valence-corrected chi connectivity index (χ4v) is 3.63. The van der Waals surface area contributed by atoms with Crippen molar-refractivity contribution in [3.8, 4) is 11.5 Å². The minimum Gasteiger partial charge on any atom is -0.418 e. The molecule has 0 spiro atoms. The van der Waals surface area contributed by atoms with E-state index >= 15 is 0 Å². The molecule has 8 nitrogen and oxygen atoms in total. The normalized spacial score (nSPS) is 13.5. The number of anilines is 1. The minimum atomic E-state index is -3.31. The molecule has 1 aromatic heterocycles. The molecule has 0 amide bonds. The quantitative estimate of drug-likeness (QED) is 0.546. The van der Waals surface area contributed by atoms with Crippen LogP contribution in [0.2, 0.25) is 5.02 Å². The number of hydrogen-bond donors (Lipinski definition) is 2. The first kappa shape index (κ1) is 21.8. The van der Waals surface area contributed by atoms with Crippen LogP contribution in [0.3, 0.4) is 0 Å². The summed E-state index contributed by atoms with van der Waals surface area (Å²) in [7, 11) is -3.31. The van der Waals surface area contributed by atoms with Gasteiger partial charge in [-0.1, -0.05) is 17.7 Å². The molecular formula is C20H19ClN4O4S. The number of aromatic nitrogens is 2. The van der Waals surface area contributed by atoms with Gasteiger partial charge < -0.3 is 14.8 Å². The number of hydrogen-bond acceptors (Lipinski definition) is 7. The summed E-state index contributed by atoms with van der Waals surface area (Å²) in [6, 6.07) is 8.64. The smallest absolute Gasteiger partial charge is 0.247 e. The van der Waals surface area contributed by atoms with Crippen LogP contribution in [0.15, 0.2) is 45.7 Å². The Morgan fingerprint density at radius 2 is 1.87 bits per heavy atom. The zero-order valence-corrected chi connectivity index (χ0v) is 18.0. The summed E-state index contributed by atoms with van der Waals surface area (Å²) in [5.41, 5.74) is 2.17. The molecule has 1 heterocycles. The van der Waals surface area contributed by atoms with Crippen LogP contribution in [-0.2, 0) is 9.84 Å². The standard InChI is InChI=1S/C20H19ClN4O4S/c1-11-15(9-10-16(22-3)17(11)21)23-18(12(2)26)20-25-24-19(29-20)13-5-7-14(8-6-13)30(4,27)28/h5-10,12,18,23,26H,1-2,4H3/t12-,18-/m1/s1. The van der Waals surface area contributed by atoms with Gasteiger partial charge in [0.05, 0.1) is 22.6 Å². The molecule has 30 heavy (non-hydrogen) atoms. The Kier molecular flexibility index (Phi) is 6.12. The van der Waals surface area contributed by atoms with Gasteiger partial charge in [0.2, 0.25) is 17.5 Å². The second-order valence-corrected chi connectivity index (χ2v) is 9.18. The van der Waals surface area contributed by atoms with Crippen LogP contribution in [-0.4, -0.2) is 36.1 Å². The summed E-state index contributed by atoms with van der Waals surface area (Å²) in [5, 5.41) is 21.8. The summed E-state index contributed by atoms with van der Waals surface area (Å²) in [5.74, 6) is 0.340. The van der Waals surface area contributed by atoms with E-state index in [1.165, 1.54) is 12.1 Å². The molecule has 0 aliphatic rings. The number of nitrogens with one attached hydrogen (secondary N) is 1. The summed E-state index contributed by atoms with van der Waals surface area (Å²) in [6.07, 6.45) is 0.245. The van der Waals surface area contributed by atoms with Crippen molar-refractivity contribution in [1.29, 1.82) is 0 Å². The molecule has 2 atom stereocenters. The Balaban J connectivity index is 1.90. The molecule has 0 saturated heterocycles.